The zero-order valence-electron chi connectivity index (χ0n) is 16.1. The number of nitrogens with zero attached hydrogens (tertiary/aromatic N) is 2. The molecule has 0 spiro atoms. The van der Waals surface area contributed by atoms with Gasteiger partial charge in [-0.15, -0.1) is 0 Å². The van der Waals surface area contributed by atoms with Gasteiger partial charge in [0, 0.05) is 18.1 Å². The van der Waals surface area contributed by atoms with Gasteiger partial charge in [0.2, 0.25) is 5.91 Å². The number of nitrogens with one attached hydrogen (secondary N) is 2. The van der Waals surface area contributed by atoms with Crippen LogP contribution in [0, 0.1) is 0 Å². The number of aromatic nitrogens is 2. The van der Waals surface area contributed by atoms with Crippen LogP contribution in [0.5, 0.6) is 0 Å². The number of halogens is 1. The van der Waals surface area contributed by atoms with Crippen molar-refractivity contribution in [2.45, 2.75) is 24.4 Å². The van der Waals surface area contributed by atoms with Crippen LogP contribution in [0.2, 0.25) is 0 Å². The Hall–Kier alpha value is -2.58. The lowest BCUT2D eigenvalue weighted by molar-refractivity contribution is -0.115. The van der Waals surface area contributed by atoms with Crippen molar-refractivity contribution in [3.8, 4) is 5.69 Å². The smallest absolute Gasteiger partial charge is 0.228 e. The van der Waals surface area contributed by atoms with Crippen molar-refractivity contribution in [1.82, 2.24) is 14.5 Å². The second-order valence-corrected chi connectivity index (χ2v) is 7.59. The van der Waals surface area contributed by atoms with Crippen molar-refractivity contribution in [3.63, 3.8) is 0 Å². The number of carbonyl (C=O) groups is 1. The SMILES string of the molecule is Bc1cnn(-c2ccc(NC(=O)Cc3ccc(C(C)F)cc3)cc2SNC)c1. The summed E-state index contributed by atoms with van der Waals surface area (Å²) in [6.07, 6.45) is 2.98. The third kappa shape index (κ3) is 5.02. The number of hydrogen-bond acceptors (Lipinski definition) is 4. The van der Waals surface area contributed by atoms with E-state index < -0.39 is 6.17 Å². The third-order valence-corrected chi connectivity index (χ3v) is 4.97. The van der Waals surface area contributed by atoms with Gasteiger partial charge in [-0.3, -0.25) is 9.52 Å². The van der Waals surface area contributed by atoms with Gasteiger partial charge in [0.1, 0.15) is 14.0 Å². The summed E-state index contributed by atoms with van der Waals surface area (Å²) in [7, 11) is 3.83. The number of hydrogen-bond donors (Lipinski definition) is 2. The summed E-state index contributed by atoms with van der Waals surface area (Å²) in [4.78, 5) is 13.4. The average Bonchev–Trinajstić information content (AvgIpc) is 3.08. The monoisotopic (exact) mass is 396 g/mol. The maximum Gasteiger partial charge on any atom is 0.228 e. The van der Waals surface area contributed by atoms with E-state index in [0.29, 0.717) is 11.3 Å². The molecule has 8 heteroatoms. The Balaban J connectivity index is 1.72. The van der Waals surface area contributed by atoms with Crippen molar-refractivity contribution < 1.29 is 9.18 Å². The van der Waals surface area contributed by atoms with E-state index in [1.54, 1.807) is 30.5 Å². The molecular weight excluding hydrogens is 374 g/mol. The molecule has 5 nitrogen and oxygen atoms in total. The highest BCUT2D eigenvalue weighted by Gasteiger charge is 2.11. The highest BCUT2D eigenvalue weighted by Crippen LogP contribution is 2.27. The fraction of sp³-hybridized carbons (Fsp3) is 0.200. The maximum atomic E-state index is 13.3. The second kappa shape index (κ2) is 9.08. The highest BCUT2D eigenvalue weighted by molar-refractivity contribution is 7.97. The summed E-state index contributed by atoms with van der Waals surface area (Å²) >= 11 is 1.46. The molecule has 0 aliphatic rings. The van der Waals surface area contributed by atoms with Gasteiger partial charge in [0.05, 0.1) is 17.0 Å². The summed E-state index contributed by atoms with van der Waals surface area (Å²) in [5, 5.41) is 7.28. The lowest BCUT2D eigenvalue weighted by Gasteiger charge is -2.12. The first-order valence-electron chi connectivity index (χ1n) is 8.98. The van der Waals surface area contributed by atoms with Crippen molar-refractivity contribution in [3.05, 3.63) is 66.0 Å². The second-order valence-electron chi connectivity index (χ2n) is 6.53. The largest absolute Gasteiger partial charge is 0.326 e. The highest BCUT2D eigenvalue weighted by atomic mass is 32.2. The Morgan fingerprint density at radius 1 is 1.29 bits per heavy atom. The molecule has 0 fully saturated rings. The number of benzene rings is 2. The van der Waals surface area contributed by atoms with Gasteiger partial charge in [-0.1, -0.05) is 29.7 Å². The summed E-state index contributed by atoms with van der Waals surface area (Å²) in [6, 6.07) is 12.7. The first-order valence-corrected chi connectivity index (χ1v) is 9.80. The predicted molar refractivity (Wildman–Crippen MR) is 115 cm³/mol. The molecular formula is C20H22BFN4OS. The molecule has 1 amide bonds. The van der Waals surface area contributed by atoms with Crippen LogP contribution in [0.15, 0.2) is 59.8 Å². The topological polar surface area (TPSA) is 59.0 Å². The zero-order valence-corrected chi connectivity index (χ0v) is 16.9. The molecule has 0 saturated carbocycles. The molecule has 0 aliphatic heterocycles. The fourth-order valence-corrected chi connectivity index (χ4v) is 3.48. The van der Waals surface area contributed by atoms with E-state index >= 15 is 0 Å². The van der Waals surface area contributed by atoms with E-state index in [2.05, 4.69) is 15.1 Å². The Morgan fingerprint density at radius 3 is 2.64 bits per heavy atom. The fourth-order valence-electron chi connectivity index (χ4n) is 2.81. The Labute approximate surface area is 169 Å². The van der Waals surface area contributed by atoms with Crippen LogP contribution in [0.25, 0.3) is 5.69 Å². The van der Waals surface area contributed by atoms with Crippen molar-refractivity contribution in [2.75, 3.05) is 12.4 Å². The van der Waals surface area contributed by atoms with Crippen LogP contribution in [-0.2, 0) is 11.2 Å². The lowest BCUT2D eigenvalue weighted by atomic mass is 10.0. The van der Waals surface area contributed by atoms with Gasteiger partial charge in [0.15, 0.2) is 0 Å². The molecule has 3 rings (SSSR count). The number of amides is 1. The van der Waals surface area contributed by atoms with E-state index in [1.165, 1.54) is 18.9 Å². The molecule has 3 aromatic rings. The minimum atomic E-state index is -1.01. The zero-order chi connectivity index (χ0) is 20.1. The number of carbonyl (C=O) groups excluding carboxylic acids is 1. The molecule has 2 N–H and O–H groups in total. The molecule has 0 aliphatic carbocycles. The molecule has 1 atom stereocenters. The van der Waals surface area contributed by atoms with Crippen molar-refractivity contribution in [2.24, 2.45) is 0 Å². The molecule has 1 heterocycles. The average molecular weight is 396 g/mol. The van der Waals surface area contributed by atoms with Gasteiger partial charge in [-0.05, 0) is 55.2 Å². The molecule has 144 valence electrons. The van der Waals surface area contributed by atoms with Crippen LogP contribution < -0.4 is 15.5 Å². The molecule has 28 heavy (non-hydrogen) atoms. The molecule has 0 radical (unpaired) electrons. The molecule has 0 bridgehead atoms. The van der Waals surface area contributed by atoms with Crippen LogP contribution in [0.4, 0.5) is 10.1 Å². The van der Waals surface area contributed by atoms with Gasteiger partial charge in [0.25, 0.3) is 0 Å². The van der Waals surface area contributed by atoms with Crippen LogP contribution in [0.3, 0.4) is 0 Å². The minimum absolute atomic E-state index is 0.121. The van der Waals surface area contributed by atoms with Gasteiger partial charge in [-0.25, -0.2) is 9.07 Å². The predicted octanol–water partition coefficient (Wildman–Crippen LogP) is 2.57. The van der Waals surface area contributed by atoms with Crippen molar-refractivity contribution in [1.29, 1.82) is 0 Å². The molecule has 2 aromatic carbocycles. The van der Waals surface area contributed by atoms with E-state index in [-0.39, 0.29) is 12.3 Å². The maximum absolute atomic E-state index is 13.3. The number of rotatable bonds is 7. The van der Waals surface area contributed by atoms with E-state index in [1.807, 2.05) is 44.0 Å². The molecule has 1 unspecified atom stereocenters. The van der Waals surface area contributed by atoms with E-state index in [4.69, 9.17) is 0 Å². The van der Waals surface area contributed by atoms with Crippen LogP contribution in [0.1, 0.15) is 24.2 Å². The summed E-state index contributed by atoms with van der Waals surface area (Å²) in [5.74, 6) is -0.121. The first kappa shape index (κ1) is 20.2. The van der Waals surface area contributed by atoms with Gasteiger partial charge in [-0.2, -0.15) is 5.10 Å². The summed E-state index contributed by atoms with van der Waals surface area (Å²) < 4.78 is 18.2. The number of alkyl halides is 1. The standard InChI is InChI=1S/C20H22BFN4OS/c1-13(22)15-5-3-14(4-6-15)9-20(27)25-17-7-8-18(19(10-17)28-23-2)26-12-16(21)11-24-26/h3-8,10-13,23H,9,21H2,1-2H3,(H,25,27). The Bertz CT molecular complexity index is 959. The normalized spacial score (nSPS) is 12.0. The van der Waals surface area contributed by atoms with Gasteiger partial charge < -0.3 is 5.32 Å². The molecule has 0 saturated heterocycles. The van der Waals surface area contributed by atoms with Crippen LogP contribution >= 0.6 is 11.9 Å². The van der Waals surface area contributed by atoms with E-state index in [0.717, 1.165) is 21.6 Å². The first-order chi connectivity index (χ1) is 13.5. The summed E-state index contributed by atoms with van der Waals surface area (Å²) in [6.45, 7) is 1.50. The number of anilines is 1. The lowest BCUT2D eigenvalue weighted by Crippen LogP contribution is -2.14. The Morgan fingerprint density at radius 2 is 2.04 bits per heavy atom. The van der Waals surface area contributed by atoms with E-state index in [9.17, 15) is 9.18 Å². The quantitative estimate of drug-likeness (QED) is 0.476. The minimum Gasteiger partial charge on any atom is -0.326 e. The molecule has 1 aromatic heterocycles. The van der Waals surface area contributed by atoms with Crippen molar-refractivity contribution >= 4 is 36.9 Å². The third-order valence-electron chi connectivity index (χ3n) is 4.22. The van der Waals surface area contributed by atoms with Crippen LogP contribution in [-0.4, -0.2) is 30.6 Å². The van der Waals surface area contributed by atoms with Gasteiger partial charge >= 0.3 is 0 Å². The summed E-state index contributed by atoms with van der Waals surface area (Å²) in [5.41, 5.74) is 4.18. The Kier molecular flexibility index (Phi) is 6.54.